The summed E-state index contributed by atoms with van der Waals surface area (Å²) in [6.45, 7) is 0.526. The first-order chi connectivity index (χ1) is 10.0. The van der Waals surface area contributed by atoms with Crippen LogP contribution in [-0.2, 0) is 4.79 Å². The van der Waals surface area contributed by atoms with Gasteiger partial charge in [0.15, 0.2) is 0 Å². The van der Waals surface area contributed by atoms with Crippen molar-refractivity contribution in [3.05, 3.63) is 33.8 Å². The van der Waals surface area contributed by atoms with Crippen molar-refractivity contribution in [1.29, 1.82) is 0 Å². The summed E-state index contributed by atoms with van der Waals surface area (Å²) in [6.07, 6.45) is 5.14. The number of carbonyl (C=O) groups excluding carboxylic acids is 1. The van der Waals surface area contributed by atoms with Crippen LogP contribution in [0.3, 0.4) is 0 Å². The summed E-state index contributed by atoms with van der Waals surface area (Å²) in [5, 5.41) is 4.48. The lowest BCUT2D eigenvalue weighted by Crippen LogP contribution is -2.52. The molecule has 21 heavy (non-hydrogen) atoms. The van der Waals surface area contributed by atoms with Crippen LogP contribution in [-0.4, -0.2) is 18.0 Å². The lowest BCUT2D eigenvalue weighted by Gasteiger charge is -2.28. The average Bonchev–Trinajstić information content (AvgIpc) is 3.11. The summed E-state index contributed by atoms with van der Waals surface area (Å²) >= 11 is 12.1. The fourth-order valence-corrected chi connectivity index (χ4v) is 3.97. The van der Waals surface area contributed by atoms with Crippen LogP contribution < -0.4 is 11.1 Å². The van der Waals surface area contributed by atoms with Crippen molar-refractivity contribution in [2.45, 2.75) is 43.6 Å². The standard InChI is InChI=1S/C16H20Cl2N2O/c17-10-3-4-11(14(18)7-10)12-8-13(12)15(21)20-16(9-19)5-1-2-6-16/h3-4,7,12-13H,1-2,5-6,8-9,19H2,(H,20,21). The van der Waals surface area contributed by atoms with Crippen LogP contribution in [0.5, 0.6) is 0 Å². The summed E-state index contributed by atoms with van der Waals surface area (Å²) in [4.78, 5) is 12.5. The minimum atomic E-state index is -0.173. The van der Waals surface area contributed by atoms with Crippen LogP contribution in [0.25, 0.3) is 0 Å². The maximum absolute atomic E-state index is 12.5. The van der Waals surface area contributed by atoms with Crippen LogP contribution in [0, 0.1) is 5.92 Å². The highest BCUT2D eigenvalue weighted by Gasteiger charge is 2.47. The third-order valence-corrected chi connectivity index (χ3v) is 5.39. The van der Waals surface area contributed by atoms with E-state index in [4.69, 9.17) is 28.9 Å². The topological polar surface area (TPSA) is 55.1 Å². The molecule has 0 aromatic heterocycles. The molecule has 2 unspecified atom stereocenters. The number of hydrogen-bond acceptors (Lipinski definition) is 2. The van der Waals surface area contributed by atoms with Gasteiger partial charge in [0.05, 0.1) is 5.54 Å². The van der Waals surface area contributed by atoms with E-state index in [9.17, 15) is 4.79 Å². The van der Waals surface area contributed by atoms with E-state index in [1.807, 2.05) is 12.1 Å². The summed E-state index contributed by atoms with van der Waals surface area (Å²) in [5.41, 5.74) is 6.72. The smallest absolute Gasteiger partial charge is 0.224 e. The number of benzene rings is 1. The van der Waals surface area contributed by atoms with Crippen molar-refractivity contribution in [3.63, 3.8) is 0 Å². The molecule has 2 atom stereocenters. The van der Waals surface area contributed by atoms with E-state index in [1.165, 1.54) is 0 Å². The molecule has 3 N–H and O–H groups in total. The monoisotopic (exact) mass is 326 g/mol. The largest absolute Gasteiger partial charge is 0.349 e. The molecule has 0 heterocycles. The maximum atomic E-state index is 12.5. The lowest BCUT2D eigenvalue weighted by molar-refractivity contribution is -0.124. The Morgan fingerprint density at radius 2 is 2.05 bits per heavy atom. The Kier molecular flexibility index (Phi) is 4.17. The molecule has 1 aromatic carbocycles. The van der Waals surface area contributed by atoms with Crippen molar-refractivity contribution < 1.29 is 4.79 Å². The number of nitrogens with two attached hydrogens (primary N) is 1. The Bertz CT molecular complexity index is 555. The molecule has 3 rings (SSSR count). The van der Waals surface area contributed by atoms with E-state index in [1.54, 1.807) is 6.07 Å². The molecule has 0 radical (unpaired) electrons. The van der Waals surface area contributed by atoms with E-state index < -0.39 is 0 Å². The predicted molar refractivity (Wildman–Crippen MR) is 85.7 cm³/mol. The maximum Gasteiger partial charge on any atom is 0.224 e. The van der Waals surface area contributed by atoms with Crippen LogP contribution in [0.2, 0.25) is 10.0 Å². The molecule has 0 spiro atoms. The van der Waals surface area contributed by atoms with Gasteiger partial charge in [0.25, 0.3) is 0 Å². The number of rotatable bonds is 4. The molecule has 5 heteroatoms. The molecule has 3 nitrogen and oxygen atoms in total. The van der Waals surface area contributed by atoms with Gasteiger partial charge in [0, 0.05) is 22.5 Å². The summed E-state index contributed by atoms with van der Waals surface area (Å²) in [7, 11) is 0. The first-order valence-electron chi connectivity index (χ1n) is 7.52. The van der Waals surface area contributed by atoms with E-state index in [0.29, 0.717) is 16.6 Å². The minimum Gasteiger partial charge on any atom is -0.349 e. The first-order valence-corrected chi connectivity index (χ1v) is 8.27. The SMILES string of the molecule is NCC1(NC(=O)C2CC2c2ccc(Cl)cc2Cl)CCCC1. The van der Waals surface area contributed by atoms with Gasteiger partial charge >= 0.3 is 0 Å². The number of nitrogens with one attached hydrogen (secondary N) is 1. The molecular formula is C16H20Cl2N2O. The van der Waals surface area contributed by atoms with Crippen LogP contribution in [0.1, 0.15) is 43.6 Å². The van der Waals surface area contributed by atoms with Gasteiger partial charge in [-0.05, 0) is 42.9 Å². The summed E-state index contributed by atoms with van der Waals surface area (Å²) in [5.74, 6) is 0.358. The molecule has 1 amide bonds. The van der Waals surface area contributed by atoms with Crippen molar-refractivity contribution in [3.8, 4) is 0 Å². The van der Waals surface area contributed by atoms with Crippen molar-refractivity contribution in [1.82, 2.24) is 5.32 Å². The van der Waals surface area contributed by atoms with Crippen LogP contribution in [0.4, 0.5) is 0 Å². The second-order valence-electron chi connectivity index (χ2n) is 6.30. The normalized spacial score (nSPS) is 26.6. The third kappa shape index (κ3) is 3.05. The fourth-order valence-electron chi connectivity index (χ4n) is 3.42. The predicted octanol–water partition coefficient (Wildman–Crippen LogP) is 3.48. The summed E-state index contributed by atoms with van der Waals surface area (Å²) < 4.78 is 0. The van der Waals surface area contributed by atoms with Gasteiger partial charge in [-0.3, -0.25) is 4.79 Å². The zero-order chi connectivity index (χ0) is 15.0. The van der Waals surface area contributed by atoms with E-state index in [2.05, 4.69) is 5.32 Å². The van der Waals surface area contributed by atoms with Crippen molar-refractivity contribution >= 4 is 29.1 Å². The van der Waals surface area contributed by atoms with Gasteiger partial charge in [0.1, 0.15) is 0 Å². The van der Waals surface area contributed by atoms with Crippen LogP contribution in [0.15, 0.2) is 18.2 Å². The zero-order valence-electron chi connectivity index (χ0n) is 11.9. The Morgan fingerprint density at radius 3 is 2.67 bits per heavy atom. The van der Waals surface area contributed by atoms with Gasteiger partial charge < -0.3 is 11.1 Å². The second kappa shape index (κ2) is 5.79. The third-order valence-electron chi connectivity index (χ3n) is 4.83. The highest BCUT2D eigenvalue weighted by atomic mass is 35.5. The number of halogens is 2. The molecule has 1 aromatic rings. The Hall–Kier alpha value is -0.770. The van der Waals surface area contributed by atoms with E-state index in [-0.39, 0.29) is 23.3 Å². The van der Waals surface area contributed by atoms with Gasteiger partial charge in [-0.1, -0.05) is 42.1 Å². The molecular weight excluding hydrogens is 307 g/mol. The van der Waals surface area contributed by atoms with Gasteiger partial charge in [-0.2, -0.15) is 0 Å². The molecule has 0 saturated heterocycles. The Balaban J connectivity index is 1.66. The highest BCUT2D eigenvalue weighted by molar-refractivity contribution is 6.35. The highest BCUT2D eigenvalue weighted by Crippen LogP contribution is 2.50. The molecule has 2 aliphatic carbocycles. The number of carbonyl (C=O) groups is 1. The Labute approximate surface area is 135 Å². The van der Waals surface area contributed by atoms with Gasteiger partial charge in [-0.15, -0.1) is 0 Å². The molecule has 0 bridgehead atoms. The van der Waals surface area contributed by atoms with Gasteiger partial charge in [-0.25, -0.2) is 0 Å². The van der Waals surface area contributed by atoms with Crippen molar-refractivity contribution in [2.24, 2.45) is 11.7 Å². The van der Waals surface area contributed by atoms with Crippen LogP contribution >= 0.6 is 23.2 Å². The number of amides is 1. The zero-order valence-corrected chi connectivity index (χ0v) is 13.4. The van der Waals surface area contributed by atoms with Gasteiger partial charge in [0.2, 0.25) is 5.91 Å². The summed E-state index contributed by atoms with van der Waals surface area (Å²) in [6, 6.07) is 5.50. The second-order valence-corrected chi connectivity index (χ2v) is 7.14. The lowest BCUT2D eigenvalue weighted by atomic mass is 9.97. The molecule has 2 aliphatic rings. The Morgan fingerprint density at radius 1 is 1.33 bits per heavy atom. The van der Waals surface area contributed by atoms with E-state index >= 15 is 0 Å². The quantitative estimate of drug-likeness (QED) is 0.889. The molecule has 2 fully saturated rings. The molecule has 0 aliphatic heterocycles. The average molecular weight is 327 g/mol. The molecule has 2 saturated carbocycles. The first kappa shape index (κ1) is 15.1. The molecule has 114 valence electrons. The number of hydrogen-bond donors (Lipinski definition) is 2. The van der Waals surface area contributed by atoms with E-state index in [0.717, 1.165) is 37.7 Å². The minimum absolute atomic E-state index is 0.0210. The van der Waals surface area contributed by atoms with Crippen molar-refractivity contribution in [2.75, 3.05) is 6.54 Å². The fraction of sp³-hybridized carbons (Fsp3) is 0.562.